The predicted octanol–water partition coefficient (Wildman–Crippen LogP) is 3.19. The molecule has 1 atom stereocenters. The molecular weight excluding hydrogens is 408 g/mol. The number of rotatable bonds is 4. The maximum Gasteiger partial charge on any atom is 0.410 e. The summed E-state index contributed by atoms with van der Waals surface area (Å²) < 4.78 is 7.55. The highest BCUT2D eigenvalue weighted by atomic mass is 16.6. The van der Waals surface area contributed by atoms with Gasteiger partial charge in [0.1, 0.15) is 11.3 Å². The van der Waals surface area contributed by atoms with Gasteiger partial charge in [0.25, 0.3) is 5.91 Å². The van der Waals surface area contributed by atoms with E-state index in [4.69, 9.17) is 4.74 Å². The van der Waals surface area contributed by atoms with Gasteiger partial charge in [-0.15, -0.1) is 0 Å². The summed E-state index contributed by atoms with van der Waals surface area (Å²) >= 11 is 0. The molecule has 2 saturated heterocycles. The fourth-order valence-electron chi connectivity index (χ4n) is 4.63. The van der Waals surface area contributed by atoms with E-state index in [2.05, 4.69) is 9.88 Å². The van der Waals surface area contributed by atoms with Crippen LogP contribution in [0.25, 0.3) is 0 Å². The Hall–Kier alpha value is -2.51. The van der Waals surface area contributed by atoms with Crippen molar-refractivity contribution >= 4 is 17.9 Å². The first-order chi connectivity index (χ1) is 15.2. The second-order valence-electron chi connectivity index (χ2n) is 10.4. The number of likely N-dealkylation sites (tertiary alicyclic amines) is 2. The average molecular weight is 445 g/mol. The molecule has 0 aromatic carbocycles. The van der Waals surface area contributed by atoms with Crippen LogP contribution in [0.3, 0.4) is 0 Å². The van der Waals surface area contributed by atoms with E-state index in [0.29, 0.717) is 37.9 Å². The van der Waals surface area contributed by atoms with Crippen LogP contribution in [0, 0.1) is 5.92 Å². The number of piperidine rings is 2. The first kappa shape index (κ1) is 22.7. The molecular formula is C24H36N4O4. The molecule has 1 saturated carbocycles. The molecule has 0 radical (unpaired) electrons. The number of hydrogen-bond acceptors (Lipinski definition) is 4. The summed E-state index contributed by atoms with van der Waals surface area (Å²) in [4.78, 5) is 41.8. The third-order valence-electron chi connectivity index (χ3n) is 6.51. The highest BCUT2D eigenvalue weighted by Crippen LogP contribution is 2.28. The van der Waals surface area contributed by atoms with Crippen molar-refractivity contribution in [1.29, 1.82) is 0 Å². The van der Waals surface area contributed by atoms with Crippen LogP contribution in [0.5, 0.6) is 0 Å². The fourth-order valence-corrected chi connectivity index (χ4v) is 4.63. The lowest BCUT2D eigenvalue weighted by molar-refractivity contribution is -0.126. The summed E-state index contributed by atoms with van der Waals surface area (Å²) in [6.45, 7) is 8.01. The van der Waals surface area contributed by atoms with E-state index in [9.17, 15) is 14.4 Å². The molecule has 3 fully saturated rings. The number of carbonyl (C=O) groups is 3. The number of nitrogens with one attached hydrogen (secondary N) is 1. The van der Waals surface area contributed by atoms with Gasteiger partial charge in [-0.1, -0.05) is 0 Å². The quantitative estimate of drug-likeness (QED) is 0.773. The minimum atomic E-state index is -0.504. The van der Waals surface area contributed by atoms with Crippen molar-refractivity contribution in [3.63, 3.8) is 0 Å². The fraction of sp³-hybridized carbons (Fsp3) is 0.708. The summed E-state index contributed by atoms with van der Waals surface area (Å²) in [7, 11) is 0. The largest absolute Gasteiger partial charge is 0.444 e. The molecule has 1 aliphatic carbocycles. The van der Waals surface area contributed by atoms with E-state index in [1.807, 2.05) is 44.0 Å². The van der Waals surface area contributed by atoms with Crippen LogP contribution in [-0.2, 0) is 9.53 Å². The summed E-state index contributed by atoms with van der Waals surface area (Å²) in [5.41, 5.74) is 0.166. The zero-order valence-electron chi connectivity index (χ0n) is 19.5. The van der Waals surface area contributed by atoms with Gasteiger partial charge in [0.2, 0.25) is 5.91 Å². The van der Waals surface area contributed by atoms with Crippen molar-refractivity contribution in [1.82, 2.24) is 19.7 Å². The third kappa shape index (κ3) is 5.45. The number of aromatic nitrogens is 1. The van der Waals surface area contributed by atoms with Crippen LogP contribution in [0.2, 0.25) is 0 Å². The maximum atomic E-state index is 13.3. The number of carbonyl (C=O) groups excluding carboxylic acids is 3. The van der Waals surface area contributed by atoms with Crippen molar-refractivity contribution in [2.24, 2.45) is 5.92 Å². The van der Waals surface area contributed by atoms with Crippen LogP contribution >= 0.6 is 0 Å². The monoisotopic (exact) mass is 444 g/mol. The Kier molecular flexibility index (Phi) is 6.49. The molecule has 4 rings (SSSR count). The van der Waals surface area contributed by atoms with Crippen molar-refractivity contribution in [3.8, 4) is 0 Å². The number of amides is 3. The van der Waals surface area contributed by atoms with Gasteiger partial charge in [-0.3, -0.25) is 9.59 Å². The lowest BCUT2D eigenvalue weighted by atomic mass is 9.96. The Labute approximate surface area is 190 Å². The summed E-state index contributed by atoms with van der Waals surface area (Å²) in [5, 5.41) is 3.08. The van der Waals surface area contributed by atoms with Crippen LogP contribution in [0.4, 0.5) is 4.79 Å². The highest BCUT2D eigenvalue weighted by Gasteiger charge is 2.34. The van der Waals surface area contributed by atoms with Crippen LogP contribution in [-0.4, -0.2) is 70.1 Å². The molecule has 1 N–H and O–H groups in total. The number of ether oxygens (including phenoxy) is 1. The molecule has 0 bridgehead atoms. The molecule has 32 heavy (non-hydrogen) atoms. The minimum Gasteiger partial charge on any atom is -0.444 e. The normalized spacial score (nSPS) is 22.5. The topological polar surface area (TPSA) is 83.9 Å². The van der Waals surface area contributed by atoms with Gasteiger partial charge in [-0.25, -0.2) is 4.79 Å². The van der Waals surface area contributed by atoms with Crippen molar-refractivity contribution in [2.75, 3.05) is 26.2 Å². The van der Waals surface area contributed by atoms with Crippen LogP contribution in [0.1, 0.15) is 75.8 Å². The zero-order valence-corrected chi connectivity index (χ0v) is 19.5. The van der Waals surface area contributed by atoms with E-state index in [1.165, 1.54) is 0 Å². The Morgan fingerprint density at radius 1 is 1.00 bits per heavy atom. The molecule has 1 aromatic heterocycles. The molecule has 8 nitrogen and oxygen atoms in total. The van der Waals surface area contributed by atoms with E-state index < -0.39 is 5.60 Å². The molecule has 3 amide bonds. The Balaban J connectivity index is 1.35. The first-order valence-corrected chi connectivity index (χ1v) is 12.0. The van der Waals surface area contributed by atoms with Crippen molar-refractivity contribution in [2.45, 2.75) is 77.0 Å². The van der Waals surface area contributed by atoms with Crippen LogP contribution < -0.4 is 5.32 Å². The second-order valence-corrected chi connectivity index (χ2v) is 10.4. The van der Waals surface area contributed by atoms with E-state index >= 15 is 0 Å². The van der Waals surface area contributed by atoms with E-state index in [1.54, 1.807) is 4.90 Å². The molecule has 2 aliphatic heterocycles. The first-order valence-electron chi connectivity index (χ1n) is 12.0. The Morgan fingerprint density at radius 2 is 1.72 bits per heavy atom. The molecule has 1 aromatic rings. The van der Waals surface area contributed by atoms with Gasteiger partial charge in [-0.2, -0.15) is 0 Å². The summed E-state index contributed by atoms with van der Waals surface area (Å²) in [6, 6.07) is 4.30. The molecule has 3 aliphatic rings. The average Bonchev–Trinajstić information content (AvgIpc) is 3.44. The Morgan fingerprint density at radius 3 is 2.38 bits per heavy atom. The van der Waals surface area contributed by atoms with E-state index in [0.717, 1.165) is 38.5 Å². The van der Waals surface area contributed by atoms with Crippen LogP contribution in [0.15, 0.2) is 18.3 Å². The molecule has 176 valence electrons. The lowest BCUT2D eigenvalue weighted by Crippen LogP contribution is -2.46. The molecule has 0 spiro atoms. The summed E-state index contributed by atoms with van der Waals surface area (Å²) in [6.07, 6.45) is 7.07. The number of hydrogen-bond donors (Lipinski definition) is 1. The van der Waals surface area contributed by atoms with Crippen molar-refractivity contribution in [3.05, 3.63) is 24.0 Å². The standard InChI is InChI=1S/C24H36N4O4/c1-24(2,3)32-23(31)26-14-10-19(11-15-26)28-13-5-7-20(28)22(30)27-12-4-6-17(16-27)21(29)25-18-8-9-18/h5,7,13,17-19H,4,6,8-12,14-16H2,1-3H3,(H,25,29). The third-order valence-corrected chi connectivity index (χ3v) is 6.51. The molecule has 3 heterocycles. The van der Waals surface area contributed by atoms with Gasteiger partial charge in [0.05, 0.1) is 5.92 Å². The lowest BCUT2D eigenvalue weighted by Gasteiger charge is -2.35. The highest BCUT2D eigenvalue weighted by molar-refractivity contribution is 5.93. The minimum absolute atomic E-state index is 0.00602. The SMILES string of the molecule is CC(C)(C)OC(=O)N1CCC(n2cccc2C(=O)N2CCCC(C(=O)NC3CC3)C2)CC1. The summed E-state index contributed by atoms with van der Waals surface area (Å²) in [5.74, 6) is -0.0304. The van der Waals surface area contributed by atoms with Crippen molar-refractivity contribution < 1.29 is 19.1 Å². The Bertz CT molecular complexity index is 846. The van der Waals surface area contributed by atoms with E-state index in [-0.39, 0.29) is 29.9 Å². The van der Waals surface area contributed by atoms with Gasteiger partial charge in [0, 0.05) is 44.5 Å². The van der Waals surface area contributed by atoms with Gasteiger partial charge in [-0.05, 0) is 71.4 Å². The van der Waals surface area contributed by atoms with Gasteiger partial charge in [0.15, 0.2) is 0 Å². The predicted molar refractivity (Wildman–Crippen MR) is 120 cm³/mol. The zero-order chi connectivity index (χ0) is 22.9. The smallest absolute Gasteiger partial charge is 0.410 e. The van der Waals surface area contributed by atoms with Gasteiger partial charge < -0.3 is 24.4 Å². The second kappa shape index (κ2) is 9.16. The molecule has 1 unspecified atom stereocenters. The maximum absolute atomic E-state index is 13.3. The van der Waals surface area contributed by atoms with Gasteiger partial charge >= 0.3 is 6.09 Å². The molecule has 8 heteroatoms. The number of nitrogens with zero attached hydrogens (tertiary/aromatic N) is 3.